The average Bonchev–Trinajstić information content (AvgIpc) is 2.79. The maximum atomic E-state index is 6.00. The molecule has 2 rings (SSSR count). The number of anilines is 1. The summed E-state index contributed by atoms with van der Waals surface area (Å²) < 4.78 is 0. The van der Waals surface area contributed by atoms with Crippen molar-refractivity contribution in [2.24, 2.45) is 11.1 Å². The van der Waals surface area contributed by atoms with Crippen LogP contribution < -0.4 is 10.6 Å². The molecular weight excluding hydrogens is 208 g/mol. The fourth-order valence-electron chi connectivity index (χ4n) is 2.80. The van der Waals surface area contributed by atoms with Gasteiger partial charge in [0.25, 0.3) is 0 Å². The van der Waals surface area contributed by atoms with Gasteiger partial charge >= 0.3 is 0 Å². The van der Waals surface area contributed by atoms with Crippen LogP contribution in [0.25, 0.3) is 0 Å². The Balaban J connectivity index is 2.16. The van der Waals surface area contributed by atoms with E-state index in [4.69, 9.17) is 5.73 Å². The number of fused-ring (bicyclic) bond motifs is 1. The van der Waals surface area contributed by atoms with E-state index in [0.717, 1.165) is 19.6 Å². The molecule has 1 aromatic carbocycles. The van der Waals surface area contributed by atoms with Crippen LogP contribution in [0.2, 0.25) is 0 Å². The lowest BCUT2D eigenvalue weighted by atomic mass is 9.82. The van der Waals surface area contributed by atoms with Gasteiger partial charge in [-0.05, 0) is 42.9 Å². The molecule has 0 saturated carbocycles. The molecule has 0 spiro atoms. The molecule has 1 aliphatic heterocycles. The fourth-order valence-corrected chi connectivity index (χ4v) is 2.80. The van der Waals surface area contributed by atoms with E-state index >= 15 is 0 Å². The molecule has 0 fully saturated rings. The van der Waals surface area contributed by atoms with Crippen molar-refractivity contribution in [3.8, 4) is 0 Å². The van der Waals surface area contributed by atoms with Crippen LogP contribution >= 0.6 is 0 Å². The number of nitrogens with two attached hydrogens (primary N) is 1. The van der Waals surface area contributed by atoms with Gasteiger partial charge in [0.15, 0.2) is 0 Å². The standard InChI is InChI=1S/C15H24N2/c1-3-15(4-2,11-16)12-17-10-9-13-7-5-6-8-14(13)17/h5-8H,3-4,9-12,16H2,1-2H3. The zero-order valence-corrected chi connectivity index (χ0v) is 11.1. The number of hydrogen-bond acceptors (Lipinski definition) is 2. The van der Waals surface area contributed by atoms with Crippen LogP contribution in [0.15, 0.2) is 24.3 Å². The second kappa shape index (κ2) is 5.09. The Morgan fingerprint density at radius 2 is 1.94 bits per heavy atom. The Labute approximate surface area is 105 Å². The van der Waals surface area contributed by atoms with E-state index in [1.807, 2.05) is 0 Å². The molecule has 0 atom stereocenters. The van der Waals surface area contributed by atoms with Gasteiger partial charge in [-0.3, -0.25) is 0 Å². The van der Waals surface area contributed by atoms with Crippen LogP contribution in [0, 0.1) is 5.41 Å². The van der Waals surface area contributed by atoms with E-state index < -0.39 is 0 Å². The third-order valence-electron chi connectivity index (χ3n) is 4.44. The third-order valence-corrected chi connectivity index (χ3v) is 4.44. The smallest absolute Gasteiger partial charge is 0.0399 e. The Kier molecular flexibility index (Phi) is 3.72. The molecule has 0 saturated heterocycles. The zero-order chi connectivity index (χ0) is 12.3. The van der Waals surface area contributed by atoms with Crippen molar-refractivity contribution < 1.29 is 0 Å². The van der Waals surface area contributed by atoms with Gasteiger partial charge < -0.3 is 10.6 Å². The summed E-state index contributed by atoms with van der Waals surface area (Å²) in [5.41, 5.74) is 9.20. The molecule has 2 nitrogen and oxygen atoms in total. The minimum atomic E-state index is 0.289. The first kappa shape index (κ1) is 12.4. The second-order valence-electron chi connectivity index (χ2n) is 5.21. The first-order valence-corrected chi connectivity index (χ1v) is 6.77. The molecule has 94 valence electrons. The van der Waals surface area contributed by atoms with Crippen molar-refractivity contribution in [3.63, 3.8) is 0 Å². The van der Waals surface area contributed by atoms with Crippen LogP contribution in [-0.4, -0.2) is 19.6 Å². The van der Waals surface area contributed by atoms with Crippen molar-refractivity contribution in [1.82, 2.24) is 0 Å². The maximum Gasteiger partial charge on any atom is 0.0399 e. The molecule has 1 aromatic rings. The Morgan fingerprint density at radius 3 is 2.59 bits per heavy atom. The number of hydrogen-bond donors (Lipinski definition) is 1. The van der Waals surface area contributed by atoms with Crippen LogP contribution in [0.1, 0.15) is 32.3 Å². The van der Waals surface area contributed by atoms with Gasteiger partial charge in [-0.15, -0.1) is 0 Å². The van der Waals surface area contributed by atoms with Gasteiger partial charge in [-0.25, -0.2) is 0 Å². The van der Waals surface area contributed by atoms with Crippen molar-refractivity contribution in [1.29, 1.82) is 0 Å². The number of rotatable bonds is 5. The van der Waals surface area contributed by atoms with Gasteiger partial charge in [0.2, 0.25) is 0 Å². The lowest BCUT2D eigenvalue weighted by molar-refractivity contribution is 0.278. The summed E-state index contributed by atoms with van der Waals surface area (Å²) in [6.07, 6.45) is 3.52. The molecule has 0 amide bonds. The topological polar surface area (TPSA) is 29.3 Å². The predicted octanol–water partition coefficient (Wildman–Crippen LogP) is 2.81. The molecule has 0 aliphatic carbocycles. The lowest BCUT2D eigenvalue weighted by Crippen LogP contribution is -2.41. The van der Waals surface area contributed by atoms with Crippen LogP contribution in [0.4, 0.5) is 5.69 Å². The van der Waals surface area contributed by atoms with Gasteiger partial charge in [0.05, 0.1) is 0 Å². The molecule has 2 heteroatoms. The number of nitrogens with zero attached hydrogens (tertiary/aromatic N) is 1. The third kappa shape index (κ3) is 2.32. The van der Waals surface area contributed by atoms with Crippen molar-refractivity contribution in [3.05, 3.63) is 29.8 Å². The molecule has 1 aliphatic rings. The van der Waals surface area contributed by atoms with Gasteiger partial charge in [0, 0.05) is 18.8 Å². The number of benzene rings is 1. The summed E-state index contributed by atoms with van der Waals surface area (Å²) in [6.45, 7) is 7.57. The van der Waals surface area contributed by atoms with Crippen molar-refractivity contribution >= 4 is 5.69 Å². The average molecular weight is 232 g/mol. The van der Waals surface area contributed by atoms with Crippen LogP contribution in [-0.2, 0) is 6.42 Å². The summed E-state index contributed by atoms with van der Waals surface area (Å²) in [5, 5.41) is 0. The quantitative estimate of drug-likeness (QED) is 0.846. The Morgan fingerprint density at radius 1 is 1.24 bits per heavy atom. The van der Waals surface area contributed by atoms with Crippen molar-refractivity contribution in [2.75, 3.05) is 24.5 Å². The van der Waals surface area contributed by atoms with Gasteiger partial charge in [0.1, 0.15) is 0 Å². The maximum absolute atomic E-state index is 6.00. The predicted molar refractivity (Wildman–Crippen MR) is 74.4 cm³/mol. The highest BCUT2D eigenvalue weighted by molar-refractivity contribution is 5.57. The highest BCUT2D eigenvalue weighted by atomic mass is 15.2. The summed E-state index contributed by atoms with van der Waals surface area (Å²) >= 11 is 0. The minimum absolute atomic E-state index is 0.289. The van der Waals surface area contributed by atoms with Crippen molar-refractivity contribution in [2.45, 2.75) is 33.1 Å². The normalized spacial score (nSPS) is 15.1. The molecular formula is C15H24N2. The molecule has 17 heavy (non-hydrogen) atoms. The summed E-state index contributed by atoms with van der Waals surface area (Å²) in [4.78, 5) is 2.52. The van der Waals surface area contributed by atoms with E-state index in [2.05, 4.69) is 43.0 Å². The Hall–Kier alpha value is -1.02. The summed E-state index contributed by atoms with van der Waals surface area (Å²) in [5.74, 6) is 0. The monoisotopic (exact) mass is 232 g/mol. The van der Waals surface area contributed by atoms with E-state index in [-0.39, 0.29) is 5.41 Å². The molecule has 0 unspecified atom stereocenters. The highest BCUT2D eigenvalue weighted by Crippen LogP contribution is 2.33. The van der Waals surface area contributed by atoms with Gasteiger partial charge in [-0.2, -0.15) is 0 Å². The molecule has 2 N–H and O–H groups in total. The van der Waals surface area contributed by atoms with Crippen LogP contribution in [0.5, 0.6) is 0 Å². The van der Waals surface area contributed by atoms with E-state index in [0.29, 0.717) is 0 Å². The number of para-hydroxylation sites is 1. The van der Waals surface area contributed by atoms with Crippen LogP contribution in [0.3, 0.4) is 0 Å². The lowest BCUT2D eigenvalue weighted by Gasteiger charge is -2.35. The van der Waals surface area contributed by atoms with E-state index in [1.54, 1.807) is 0 Å². The first-order chi connectivity index (χ1) is 8.24. The molecule has 0 bridgehead atoms. The van der Waals surface area contributed by atoms with E-state index in [9.17, 15) is 0 Å². The molecule has 0 aromatic heterocycles. The zero-order valence-electron chi connectivity index (χ0n) is 11.1. The summed E-state index contributed by atoms with van der Waals surface area (Å²) in [7, 11) is 0. The summed E-state index contributed by atoms with van der Waals surface area (Å²) in [6, 6.07) is 8.77. The Bertz CT molecular complexity index is 361. The highest BCUT2D eigenvalue weighted by Gasteiger charge is 2.30. The minimum Gasteiger partial charge on any atom is -0.370 e. The van der Waals surface area contributed by atoms with Gasteiger partial charge in [-0.1, -0.05) is 32.0 Å². The first-order valence-electron chi connectivity index (χ1n) is 6.77. The SMILES string of the molecule is CCC(CC)(CN)CN1CCc2ccccc21. The molecule has 0 radical (unpaired) electrons. The molecule has 1 heterocycles. The largest absolute Gasteiger partial charge is 0.370 e. The second-order valence-corrected chi connectivity index (χ2v) is 5.21. The fraction of sp³-hybridized carbons (Fsp3) is 0.600. The van der Waals surface area contributed by atoms with E-state index in [1.165, 1.54) is 30.5 Å².